The number of ether oxygens (including phenoxy) is 5. The van der Waals surface area contributed by atoms with Crippen molar-refractivity contribution >= 4 is 40.4 Å². The molecule has 16 nitrogen and oxygen atoms in total. The Labute approximate surface area is 384 Å². The van der Waals surface area contributed by atoms with Gasteiger partial charge in [0.15, 0.2) is 28.6 Å². The summed E-state index contributed by atoms with van der Waals surface area (Å²) in [5.74, 6) is -0.956. The largest absolute Gasteiger partial charge is 0.502 e. The Morgan fingerprint density at radius 3 is 2.36 bits per heavy atom. The summed E-state index contributed by atoms with van der Waals surface area (Å²) >= 11 is 0. The van der Waals surface area contributed by atoms with E-state index in [0.717, 1.165) is 33.3 Å². The van der Waals surface area contributed by atoms with Crippen LogP contribution in [0.3, 0.4) is 0 Å². The number of phenolic OH excluding ortho intramolecular Hbond substituents is 1. The summed E-state index contributed by atoms with van der Waals surface area (Å²) < 4.78 is 30.0. The summed E-state index contributed by atoms with van der Waals surface area (Å²) in [5, 5.41) is 40.3. The van der Waals surface area contributed by atoms with Gasteiger partial charge in [0.05, 0.1) is 68.5 Å². The van der Waals surface area contributed by atoms with Gasteiger partial charge in [0.1, 0.15) is 0 Å². The Morgan fingerprint density at radius 2 is 1.69 bits per heavy atom. The number of hydrogen-bond donors (Lipinski definition) is 5. The van der Waals surface area contributed by atoms with E-state index < -0.39 is 35.5 Å². The fraction of sp³-hybridized carbons (Fsp3) is 0.314. The van der Waals surface area contributed by atoms with Crippen LogP contribution in [0.2, 0.25) is 0 Å². The summed E-state index contributed by atoms with van der Waals surface area (Å²) in [6.45, 7) is 4.92. The van der Waals surface area contributed by atoms with Crippen LogP contribution in [0.4, 0.5) is 11.4 Å². The molecule has 0 unspecified atom stereocenters. The first kappa shape index (κ1) is 43.5. The van der Waals surface area contributed by atoms with Crippen molar-refractivity contribution in [2.45, 2.75) is 63.9 Å². The highest BCUT2D eigenvalue weighted by atomic mass is 16.7. The number of benzene rings is 4. The number of carbonyl (C=O) groups is 2. The molecule has 1 fully saturated rings. The second-order valence-corrected chi connectivity index (χ2v) is 17.5. The van der Waals surface area contributed by atoms with Crippen LogP contribution in [0.25, 0.3) is 22.3 Å². The van der Waals surface area contributed by atoms with Gasteiger partial charge in [0.25, 0.3) is 11.5 Å². The number of nitrogens with one attached hydrogen (secondary N) is 2. The predicted octanol–water partition coefficient (Wildman–Crippen LogP) is 6.33. The average molecular weight is 908 g/mol. The van der Waals surface area contributed by atoms with Gasteiger partial charge in [0.2, 0.25) is 12.5 Å². The van der Waals surface area contributed by atoms with Gasteiger partial charge in [-0.2, -0.15) is 0 Å². The van der Waals surface area contributed by atoms with Gasteiger partial charge in [-0.3, -0.25) is 19.4 Å². The number of aromatic hydroxyl groups is 1. The molecule has 10 rings (SSSR count). The average Bonchev–Trinajstić information content (AvgIpc) is 4.06. The first-order valence-corrected chi connectivity index (χ1v) is 22.2. The number of aliphatic hydroxyl groups excluding tert-OH is 1. The molecule has 0 bridgehead atoms. The molecule has 5 atom stereocenters. The third-order valence-corrected chi connectivity index (χ3v) is 13.5. The van der Waals surface area contributed by atoms with Crippen molar-refractivity contribution in [3.05, 3.63) is 128 Å². The Balaban J connectivity index is 0.993. The van der Waals surface area contributed by atoms with E-state index in [1.165, 1.54) is 18.8 Å². The van der Waals surface area contributed by atoms with Crippen molar-refractivity contribution < 1.29 is 48.6 Å². The van der Waals surface area contributed by atoms with Gasteiger partial charge in [-0.05, 0) is 97.6 Å². The van der Waals surface area contributed by atoms with Gasteiger partial charge in [-0.25, -0.2) is 4.98 Å². The normalized spacial score (nSPS) is 19.7. The van der Waals surface area contributed by atoms with Crippen LogP contribution < -0.4 is 35.1 Å². The first-order valence-electron chi connectivity index (χ1n) is 22.2. The molecule has 4 aliphatic rings. The summed E-state index contributed by atoms with van der Waals surface area (Å²) in [6.07, 6.45) is 1.72. The quantitative estimate of drug-likeness (QED) is 0.0671. The maximum atomic E-state index is 14.1. The highest BCUT2D eigenvalue weighted by Gasteiger charge is 2.53. The van der Waals surface area contributed by atoms with Crippen molar-refractivity contribution in [3.63, 3.8) is 0 Å². The Hall–Kier alpha value is -7.43. The molecule has 0 spiro atoms. The maximum Gasteiger partial charge on any atom is 0.310 e. The topological polar surface area (TPSA) is 212 Å². The van der Waals surface area contributed by atoms with Crippen LogP contribution in [0.15, 0.2) is 88.6 Å². The van der Waals surface area contributed by atoms with Crippen molar-refractivity contribution in [1.29, 1.82) is 0 Å². The smallest absolute Gasteiger partial charge is 0.310 e. The number of anilines is 1. The zero-order valence-corrected chi connectivity index (χ0v) is 37.5. The second-order valence-electron chi connectivity index (χ2n) is 17.5. The molecule has 3 aliphatic heterocycles. The van der Waals surface area contributed by atoms with E-state index in [1.54, 1.807) is 45.2 Å². The minimum absolute atomic E-state index is 0.0333. The standard InChI is InChI=1S/C51H49N5O11/c1-6-51(62,50(61)53-25(2)3)36-19-38-46-33(21-56(38)48(59)34(36)22-57)32(29-9-7-8-10-37(29)55-46)20-52-27-11-13-28(14-12-27)54-45-31-18-40-39(66-24-67-40)17-30(31)43(44-35(45)23-65-49(44)60)26-15-41(63-4)47(58)42(16-26)64-5/h7-20,25,35,43-45,54,57-58,62H,6,21-24H2,1-5H3,(H,53,61)/t35-,43+,44-,45+,51-/m0/s1. The number of fused-ring (bicyclic) bond motifs is 7. The molecular formula is C51H49N5O11. The lowest BCUT2D eigenvalue weighted by molar-refractivity contribution is -0.142. The number of phenols is 1. The minimum Gasteiger partial charge on any atom is -0.502 e. The Kier molecular flexibility index (Phi) is 10.9. The van der Waals surface area contributed by atoms with Crippen LogP contribution >= 0.6 is 0 Å². The highest BCUT2D eigenvalue weighted by molar-refractivity contribution is 6.03. The molecule has 2 aromatic heterocycles. The molecule has 0 radical (unpaired) electrons. The summed E-state index contributed by atoms with van der Waals surface area (Å²) in [5.41, 5.74) is 4.31. The predicted molar refractivity (Wildman–Crippen MR) is 248 cm³/mol. The number of aliphatic imine (C=N–C) groups is 1. The summed E-state index contributed by atoms with van der Waals surface area (Å²) in [4.78, 5) is 51.2. The number of hydrogen-bond acceptors (Lipinski definition) is 14. The van der Waals surface area contributed by atoms with Crippen molar-refractivity contribution in [3.8, 4) is 40.1 Å². The van der Waals surface area contributed by atoms with Crippen LogP contribution in [0.1, 0.15) is 78.1 Å². The van der Waals surface area contributed by atoms with Crippen LogP contribution in [-0.2, 0) is 33.1 Å². The molecule has 0 saturated carbocycles. The van der Waals surface area contributed by atoms with E-state index >= 15 is 0 Å². The van der Waals surface area contributed by atoms with Gasteiger partial charge < -0.3 is 54.2 Å². The number of cyclic esters (lactones) is 1. The van der Waals surface area contributed by atoms with Gasteiger partial charge in [0, 0.05) is 57.4 Å². The Bertz CT molecular complexity index is 3070. The number of rotatable bonds is 12. The van der Waals surface area contributed by atoms with Gasteiger partial charge >= 0.3 is 5.97 Å². The van der Waals surface area contributed by atoms with Crippen LogP contribution in [0.5, 0.6) is 28.7 Å². The van der Waals surface area contributed by atoms with E-state index in [4.69, 9.17) is 33.7 Å². The number of para-hydroxylation sites is 1. The number of pyridine rings is 2. The third kappa shape index (κ3) is 7.09. The number of nitrogens with zero attached hydrogens (tertiary/aromatic N) is 3. The number of aromatic nitrogens is 2. The molecule has 67 heavy (non-hydrogen) atoms. The molecule has 344 valence electrons. The monoisotopic (exact) mass is 907 g/mol. The lowest BCUT2D eigenvalue weighted by Gasteiger charge is -2.40. The van der Waals surface area contributed by atoms with E-state index in [9.17, 15) is 29.7 Å². The Morgan fingerprint density at radius 1 is 0.985 bits per heavy atom. The van der Waals surface area contributed by atoms with Crippen LogP contribution in [-0.4, -0.2) is 76.6 Å². The molecule has 4 aromatic carbocycles. The van der Waals surface area contributed by atoms with Crippen molar-refractivity contribution in [1.82, 2.24) is 14.9 Å². The zero-order valence-electron chi connectivity index (χ0n) is 37.5. The summed E-state index contributed by atoms with van der Waals surface area (Å²) in [6, 6.07) is 23.5. The second kappa shape index (κ2) is 16.8. The SMILES string of the molecule is CC[C@@](O)(C(=O)NC(C)C)c1cc2n(c(=O)c1CO)Cc1c-2nc2ccccc2c1C=Nc1ccc(N[C@@H]2c3cc4c(cc3[C@@H](c3cc(OC)c(O)c(OC)c3)[C@H]3C(=O)OC[C@@H]32)OCO4)cc1. The lowest BCUT2D eigenvalue weighted by Crippen LogP contribution is -2.48. The number of esters is 1. The third-order valence-electron chi connectivity index (χ3n) is 13.5. The molecule has 1 saturated heterocycles. The molecule has 1 amide bonds. The molecule has 6 aromatic rings. The van der Waals surface area contributed by atoms with E-state index in [1.807, 2.05) is 60.7 Å². The van der Waals surface area contributed by atoms with E-state index in [0.29, 0.717) is 39.7 Å². The molecule has 5 N–H and O–H groups in total. The number of aliphatic hydroxyl groups is 2. The van der Waals surface area contributed by atoms with Crippen molar-refractivity contribution in [2.24, 2.45) is 16.8 Å². The van der Waals surface area contributed by atoms with E-state index in [2.05, 4.69) is 10.6 Å². The number of amides is 1. The van der Waals surface area contributed by atoms with E-state index in [-0.39, 0.29) is 78.7 Å². The number of methoxy groups -OCH3 is 2. The molecule has 1 aliphatic carbocycles. The number of carbonyl (C=O) groups excluding carboxylic acids is 2. The zero-order chi connectivity index (χ0) is 46.9. The fourth-order valence-electron chi connectivity index (χ4n) is 10.2. The van der Waals surface area contributed by atoms with Gasteiger partial charge in [-0.15, -0.1) is 0 Å². The molecule has 5 heterocycles. The fourth-order valence-corrected chi connectivity index (χ4v) is 10.2. The first-order chi connectivity index (χ1) is 32.4. The molecular weight excluding hydrogens is 859 g/mol. The van der Waals surface area contributed by atoms with Crippen LogP contribution in [0, 0.1) is 11.8 Å². The minimum atomic E-state index is -2.07. The van der Waals surface area contributed by atoms with Gasteiger partial charge in [-0.1, -0.05) is 25.1 Å². The lowest BCUT2D eigenvalue weighted by atomic mass is 9.65. The molecule has 16 heteroatoms. The highest BCUT2D eigenvalue weighted by Crippen LogP contribution is 2.56. The summed E-state index contributed by atoms with van der Waals surface area (Å²) in [7, 11) is 2.92. The van der Waals surface area contributed by atoms with Crippen molar-refractivity contribution in [2.75, 3.05) is 32.9 Å². The maximum absolute atomic E-state index is 14.1.